The lowest BCUT2D eigenvalue weighted by atomic mass is 9.80. The third-order valence-corrected chi connectivity index (χ3v) is 3.53. The van der Waals surface area contributed by atoms with Gasteiger partial charge in [0.1, 0.15) is 17.3 Å². The summed E-state index contributed by atoms with van der Waals surface area (Å²) in [6, 6.07) is 0. The molecular weight excluding hydrogens is 242 g/mol. The van der Waals surface area contributed by atoms with Crippen LogP contribution in [0.4, 0.5) is 5.82 Å². The predicted molar refractivity (Wildman–Crippen MR) is 64.5 cm³/mol. The minimum Gasteiger partial charge on any atom is -0.376 e. The van der Waals surface area contributed by atoms with Gasteiger partial charge in [-0.15, -0.1) is 0 Å². The van der Waals surface area contributed by atoms with Crippen LogP contribution in [0.3, 0.4) is 0 Å². The maximum absolute atomic E-state index is 10.9. The summed E-state index contributed by atoms with van der Waals surface area (Å²) in [6.45, 7) is 0.623. The van der Waals surface area contributed by atoms with Gasteiger partial charge < -0.3 is 10.1 Å². The Morgan fingerprint density at radius 2 is 2.35 bits per heavy atom. The molecule has 6 heteroatoms. The van der Waals surface area contributed by atoms with Crippen molar-refractivity contribution < 1.29 is 9.53 Å². The summed E-state index contributed by atoms with van der Waals surface area (Å²) in [5, 5.41) is 3.27. The fourth-order valence-corrected chi connectivity index (χ4v) is 2.07. The number of carbonyl (C=O) groups excluding carboxylic acids is 1. The highest BCUT2D eigenvalue weighted by atomic mass is 35.5. The molecule has 0 unspecified atom stereocenters. The number of nitrogens with zero attached hydrogens (tertiary/aromatic N) is 2. The number of ether oxygens (including phenoxy) is 1. The first kappa shape index (κ1) is 12.3. The number of hydrogen-bond donors (Lipinski definition) is 1. The Kier molecular flexibility index (Phi) is 3.59. The van der Waals surface area contributed by atoms with Crippen molar-refractivity contribution in [1.29, 1.82) is 0 Å². The molecule has 0 spiro atoms. The zero-order chi connectivity index (χ0) is 12.3. The molecule has 1 saturated carbocycles. The highest BCUT2D eigenvalue weighted by Gasteiger charge is 2.36. The van der Waals surface area contributed by atoms with E-state index < -0.39 is 0 Å². The van der Waals surface area contributed by atoms with Crippen molar-refractivity contribution in [1.82, 2.24) is 9.97 Å². The van der Waals surface area contributed by atoms with Crippen LogP contribution in [0, 0.1) is 0 Å². The lowest BCUT2D eigenvalue weighted by Gasteiger charge is -2.40. The van der Waals surface area contributed by atoms with Crippen molar-refractivity contribution in [3.05, 3.63) is 17.0 Å². The fraction of sp³-hybridized carbons (Fsp3) is 0.545. The first-order valence-electron chi connectivity index (χ1n) is 5.45. The summed E-state index contributed by atoms with van der Waals surface area (Å²) in [4.78, 5) is 18.7. The van der Waals surface area contributed by atoms with Crippen LogP contribution in [0.15, 0.2) is 6.33 Å². The number of methoxy groups -OCH3 is 1. The first-order valence-corrected chi connectivity index (χ1v) is 5.83. The van der Waals surface area contributed by atoms with E-state index in [1.54, 1.807) is 7.11 Å². The van der Waals surface area contributed by atoms with Crippen LogP contribution in [0.5, 0.6) is 0 Å². The number of rotatable bonds is 5. The first-order chi connectivity index (χ1) is 8.21. The smallest absolute Gasteiger partial charge is 0.156 e. The molecule has 0 atom stereocenters. The Morgan fingerprint density at radius 1 is 1.59 bits per heavy atom. The van der Waals surface area contributed by atoms with E-state index in [0.29, 0.717) is 24.2 Å². The van der Waals surface area contributed by atoms with Gasteiger partial charge in [0.2, 0.25) is 0 Å². The Bertz CT molecular complexity index is 416. The van der Waals surface area contributed by atoms with E-state index in [2.05, 4.69) is 15.3 Å². The van der Waals surface area contributed by atoms with E-state index in [1.165, 1.54) is 12.7 Å². The Labute approximate surface area is 105 Å². The number of nitrogens with one attached hydrogen (secondary N) is 1. The van der Waals surface area contributed by atoms with Gasteiger partial charge in [0, 0.05) is 13.7 Å². The predicted octanol–water partition coefficient (Wildman–Crippen LogP) is 1.92. The molecule has 1 aliphatic carbocycles. The van der Waals surface area contributed by atoms with Crippen LogP contribution >= 0.6 is 11.6 Å². The fourth-order valence-electron chi connectivity index (χ4n) is 1.89. The average Bonchev–Trinajstić information content (AvgIpc) is 2.28. The molecular formula is C11H14ClN3O2. The van der Waals surface area contributed by atoms with Crippen molar-refractivity contribution in [3.8, 4) is 0 Å². The molecule has 5 nitrogen and oxygen atoms in total. The van der Waals surface area contributed by atoms with Gasteiger partial charge in [-0.3, -0.25) is 4.79 Å². The summed E-state index contributed by atoms with van der Waals surface area (Å²) >= 11 is 5.81. The Hall–Kier alpha value is -1.20. The molecule has 92 valence electrons. The number of aromatic nitrogens is 2. The third kappa shape index (κ3) is 2.40. The molecule has 2 rings (SSSR count). The van der Waals surface area contributed by atoms with E-state index in [4.69, 9.17) is 16.3 Å². The standard InChI is InChI=1S/C11H14ClN3O2/c1-17-11(3-2-4-11)6-13-10-8(5-16)9(12)14-7-15-10/h5,7H,2-4,6H2,1H3,(H,13,14,15). The van der Waals surface area contributed by atoms with Crippen molar-refractivity contribution in [2.24, 2.45) is 0 Å². The Morgan fingerprint density at radius 3 is 2.88 bits per heavy atom. The summed E-state index contributed by atoms with van der Waals surface area (Å²) in [7, 11) is 1.70. The largest absolute Gasteiger partial charge is 0.376 e. The van der Waals surface area contributed by atoms with Gasteiger partial charge in [0.25, 0.3) is 0 Å². The van der Waals surface area contributed by atoms with Crippen LogP contribution in [0.2, 0.25) is 5.15 Å². The lowest BCUT2D eigenvalue weighted by molar-refractivity contribution is -0.0601. The Balaban J connectivity index is 2.08. The summed E-state index contributed by atoms with van der Waals surface area (Å²) in [5.74, 6) is 0.461. The van der Waals surface area contributed by atoms with E-state index in [1.807, 2.05) is 0 Å². The normalized spacial score (nSPS) is 17.3. The van der Waals surface area contributed by atoms with Crippen molar-refractivity contribution >= 4 is 23.7 Å². The van der Waals surface area contributed by atoms with Gasteiger partial charge in [-0.05, 0) is 19.3 Å². The minimum absolute atomic E-state index is 0.127. The second-order valence-corrected chi connectivity index (χ2v) is 4.50. The molecule has 0 radical (unpaired) electrons. The average molecular weight is 256 g/mol. The van der Waals surface area contributed by atoms with Gasteiger partial charge in [-0.25, -0.2) is 9.97 Å². The SMILES string of the molecule is COC1(CNc2ncnc(Cl)c2C=O)CCC1. The lowest BCUT2D eigenvalue weighted by Crippen LogP contribution is -2.45. The minimum atomic E-state index is -0.127. The van der Waals surface area contributed by atoms with E-state index in [9.17, 15) is 4.79 Å². The van der Waals surface area contributed by atoms with Gasteiger partial charge in [-0.2, -0.15) is 0 Å². The van der Waals surface area contributed by atoms with E-state index >= 15 is 0 Å². The molecule has 1 fully saturated rings. The van der Waals surface area contributed by atoms with Gasteiger partial charge in [0.15, 0.2) is 6.29 Å². The maximum Gasteiger partial charge on any atom is 0.156 e. The van der Waals surface area contributed by atoms with Crippen LogP contribution in [-0.2, 0) is 4.74 Å². The number of carbonyl (C=O) groups is 1. The second kappa shape index (κ2) is 4.98. The van der Waals surface area contributed by atoms with Crippen LogP contribution in [-0.4, -0.2) is 35.5 Å². The third-order valence-electron chi connectivity index (χ3n) is 3.23. The number of aldehydes is 1. The topological polar surface area (TPSA) is 64.1 Å². The zero-order valence-corrected chi connectivity index (χ0v) is 10.3. The van der Waals surface area contributed by atoms with Crippen molar-refractivity contribution in [2.45, 2.75) is 24.9 Å². The molecule has 1 N–H and O–H groups in total. The number of anilines is 1. The molecule has 1 aliphatic rings. The monoisotopic (exact) mass is 255 g/mol. The van der Waals surface area contributed by atoms with Crippen molar-refractivity contribution in [3.63, 3.8) is 0 Å². The molecule has 0 bridgehead atoms. The molecule has 0 amide bonds. The van der Waals surface area contributed by atoms with E-state index in [0.717, 1.165) is 12.8 Å². The number of hydrogen-bond acceptors (Lipinski definition) is 5. The summed E-state index contributed by atoms with van der Waals surface area (Å²) in [6.07, 6.45) is 5.20. The van der Waals surface area contributed by atoms with Gasteiger partial charge in [0.05, 0.1) is 11.2 Å². The quantitative estimate of drug-likeness (QED) is 0.643. The molecule has 1 heterocycles. The van der Waals surface area contributed by atoms with Gasteiger partial charge >= 0.3 is 0 Å². The second-order valence-electron chi connectivity index (χ2n) is 4.14. The molecule has 17 heavy (non-hydrogen) atoms. The van der Waals surface area contributed by atoms with E-state index in [-0.39, 0.29) is 10.8 Å². The van der Waals surface area contributed by atoms with Gasteiger partial charge in [-0.1, -0.05) is 11.6 Å². The molecule has 1 aromatic rings. The summed E-state index contributed by atoms with van der Waals surface area (Å²) < 4.78 is 5.47. The molecule has 0 saturated heterocycles. The molecule has 0 aliphatic heterocycles. The van der Waals surface area contributed by atoms with Crippen LogP contribution in [0.1, 0.15) is 29.6 Å². The molecule has 0 aromatic carbocycles. The molecule has 1 aromatic heterocycles. The highest BCUT2D eigenvalue weighted by molar-refractivity contribution is 6.32. The highest BCUT2D eigenvalue weighted by Crippen LogP contribution is 2.35. The maximum atomic E-state index is 10.9. The number of halogens is 1. The van der Waals surface area contributed by atoms with Crippen molar-refractivity contribution in [2.75, 3.05) is 19.0 Å². The van der Waals surface area contributed by atoms with Crippen LogP contribution < -0.4 is 5.32 Å². The zero-order valence-electron chi connectivity index (χ0n) is 9.57. The van der Waals surface area contributed by atoms with Crippen LogP contribution in [0.25, 0.3) is 0 Å². The summed E-state index contributed by atoms with van der Waals surface area (Å²) in [5.41, 5.74) is 0.164.